The lowest BCUT2D eigenvalue weighted by atomic mass is 10.1. The van der Waals surface area contributed by atoms with Gasteiger partial charge in [0.2, 0.25) is 0 Å². The molecular formula is C24H29N5O2S. The van der Waals surface area contributed by atoms with Crippen LogP contribution in [0.15, 0.2) is 59.9 Å². The number of anilines is 1. The lowest BCUT2D eigenvalue weighted by molar-refractivity contribution is 0.0950. The SMILES string of the molecule is CCN(CC)c1cc(COC)nc(SCc2cccc(C(=O)NCc3ccccn3)c2)n1. The highest BCUT2D eigenvalue weighted by atomic mass is 32.2. The van der Waals surface area contributed by atoms with Gasteiger partial charge < -0.3 is 15.0 Å². The van der Waals surface area contributed by atoms with Crippen molar-refractivity contribution in [1.29, 1.82) is 0 Å². The Morgan fingerprint density at radius 1 is 1.06 bits per heavy atom. The largest absolute Gasteiger partial charge is 0.378 e. The minimum absolute atomic E-state index is 0.121. The van der Waals surface area contributed by atoms with Gasteiger partial charge in [0, 0.05) is 43.8 Å². The van der Waals surface area contributed by atoms with E-state index in [1.807, 2.05) is 48.5 Å². The van der Waals surface area contributed by atoms with Gasteiger partial charge in [0.1, 0.15) is 5.82 Å². The maximum atomic E-state index is 12.6. The summed E-state index contributed by atoms with van der Waals surface area (Å²) in [4.78, 5) is 28.3. The Morgan fingerprint density at radius 3 is 2.62 bits per heavy atom. The van der Waals surface area contributed by atoms with Gasteiger partial charge in [0.25, 0.3) is 5.91 Å². The average Bonchev–Trinajstić information content (AvgIpc) is 2.83. The van der Waals surface area contributed by atoms with Gasteiger partial charge in [-0.2, -0.15) is 0 Å². The van der Waals surface area contributed by atoms with E-state index in [4.69, 9.17) is 9.72 Å². The van der Waals surface area contributed by atoms with Gasteiger partial charge in [-0.1, -0.05) is 30.0 Å². The molecule has 0 radical (unpaired) electrons. The van der Waals surface area contributed by atoms with E-state index in [2.05, 4.69) is 34.0 Å². The van der Waals surface area contributed by atoms with E-state index in [-0.39, 0.29) is 5.91 Å². The molecule has 0 saturated carbocycles. The second kappa shape index (κ2) is 12.2. The number of ether oxygens (including phenoxy) is 1. The van der Waals surface area contributed by atoms with Gasteiger partial charge in [0.15, 0.2) is 5.16 Å². The fraction of sp³-hybridized carbons (Fsp3) is 0.333. The lowest BCUT2D eigenvalue weighted by Gasteiger charge is -2.20. The molecule has 32 heavy (non-hydrogen) atoms. The molecule has 0 spiro atoms. The lowest BCUT2D eigenvalue weighted by Crippen LogP contribution is -2.23. The van der Waals surface area contributed by atoms with Crippen LogP contribution in [0.4, 0.5) is 5.82 Å². The quantitative estimate of drug-likeness (QED) is 0.347. The molecule has 3 aromatic rings. The summed E-state index contributed by atoms with van der Waals surface area (Å²) in [6.45, 7) is 6.81. The van der Waals surface area contributed by atoms with Crippen molar-refractivity contribution < 1.29 is 9.53 Å². The third kappa shape index (κ3) is 6.77. The third-order valence-corrected chi connectivity index (χ3v) is 5.76. The molecule has 0 aliphatic carbocycles. The third-order valence-electron chi connectivity index (χ3n) is 4.84. The topological polar surface area (TPSA) is 80.2 Å². The fourth-order valence-electron chi connectivity index (χ4n) is 3.18. The van der Waals surface area contributed by atoms with Crippen molar-refractivity contribution in [3.63, 3.8) is 0 Å². The second-order valence-corrected chi connectivity index (χ2v) is 8.04. The van der Waals surface area contributed by atoms with Crippen LogP contribution in [-0.2, 0) is 23.6 Å². The maximum Gasteiger partial charge on any atom is 0.251 e. The first-order chi connectivity index (χ1) is 15.6. The standard InChI is InChI=1S/C24H29N5O2S/c1-4-29(5-2)22-14-21(16-31-3)27-24(28-22)32-17-18-9-8-10-19(13-18)23(30)26-15-20-11-6-7-12-25-20/h6-14H,4-5,15-17H2,1-3H3,(H,26,30). The molecule has 0 unspecified atom stereocenters. The van der Waals surface area contributed by atoms with E-state index in [1.165, 1.54) is 0 Å². The Morgan fingerprint density at radius 2 is 1.91 bits per heavy atom. The highest BCUT2D eigenvalue weighted by Gasteiger charge is 2.11. The summed E-state index contributed by atoms with van der Waals surface area (Å²) in [5.74, 6) is 1.45. The molecule has 0 saturated heterocycles. The van der Waals surface area contributed by atoms with Crippen molar-refractivity contribution in [2.75, 3.05) is 25.1 Å². The van der Waals surface area contributed by atoms with E-state index in [0.717, 1.165) is 35.9 Å². The van der Waals surface area contributed by atoms with E-state index in [1.54, 1.807) is 25.1 Å². The number of benzene rings is 1. The number of hydrogen-bond donors (Lipinski definition) is 1. The maximum absolute atomic E-state index is 12.6. The zero-order chi connectivity index (χ0) is 22.8. The van der Waals surface area contributed by atoms with E-state index < -0.39 is 0 Å². The molecule has 1 amide bonds. The number of methoxy groups -OCH3 is 1. The number of amides is 1. The molecule has 0 fully saturated rings. The Kier molecular flexibility index (Phi) is 9.01. The first kappa shape index (κ1) is 23.7. The van der Waals surface area contributed by atoms with Gasteiger partial charge in [-0.05, 0) is 43.7 Å². The summed E-state index contributed by atoms with van der Waals surface area (Å²) in [6.07, 6.45) is 1.72. The number of rotatable bonds is 11. The molecule has 2 aromatic heterocycles. The zero-order valence-electron chi connectivity index (χ0n) is 18.7. The molecule has 0 atom stereocenters. The number of thioether (sulfide) groups is 1. The first-order valence-corrected chi connectivity index (χ1v) is 11.6. The van der Waals surface area contributed by atoms with Crippen molar-refractivity contribution in [1.82, 2.24) is 20.3 Å². The second-order valence-electron chi connectivity index (χ2n) is 7.10. The highest BCUT2D eigenvalue weighted by molar-refractivity contribution is 7.98. The van der Waals surface area contributed by atoms with Crippen LogP contribution in [0.5, 0.6) is 0 Å². The summed E-state index contributed by atoms with van der Waals surface area (Å²) in [7, 11) is 1.66. The van der Waals surface area contributed by atoms with E-state index in [0.29, 0.717) is 29.6 Å². The average molecular weight is 452 g/mol. The minimum atomic E-state index is -0.121. The smallest absolute Gasteiger partial charge is 0.251 e. The molecule has 0 aliphatic heterocycles. The normalized spacial score (nSPS) is 10.7. The summed E-state index contributed by atoms with van der Waals surface area (Å²) in [5.41, 5.74) is 3.33. The van der Waals surface area contributed by atoms with Crippen molar-refractivity contribution in [2.24, 2.45) is 0 Å². The molecule has 1 aromatic carbocycles. The summed E-state index contributed by atoms with van der Waals surface area (Å²) in [5, 5.41) is 3.62. The van der Waals surface area contributed by atoms with Crippen molar-refractivity contribution in [3.05, 3.63) is 77.2 Å². The number of nitrogens with zero attached hydrogens (tertiary/aromatic N) is 4. The summed E-state index contributed by atoms with van der Waals surface area (Å²) >= 11 is 1.55. The number of nitrogens with one attached hydrogen (secondary N) is 1. The molecule has 7 nitrogen and oxygen atoms in total. The number of carbonyl (C=O) groups is 1. The predicted octanol–water partition coefficient (Wildman–Crippen LogP) is 4.09. The predicted molar refractivity (Wildman–Crippen MR) is 128 cm³/mol. The number of aromatic nitrogens is 3. The van der Waals surface area contributed by atoms with Crippen LogP contribution < -0.4 is 10.2 Å². The zero-order valence-corrected chi connectivity index (χ0v) is 19.6. The molecule has 8 heteroatoms. The number of hydrogen-bond acceptors (Lipinski definition) is 7. The molecule has 2 heterocycles. The molecule has 3 rings (SSSR count). The summed E-state index contributed by atoms with van der Waals surface area (Å²) < 4.78 is 5.28. The van der Waals surface area contributed by atoms with Crippen LogP contribution in [0.1, 0.15) is 41.2 Å². The van der Waals surface area contributed by atoms with Gasteiger partial charge in [-0.3, -0.25) is 9.78 Å². The fourth-order valence-corrected chi connectivity index (χ4v) is 4.00. The van der Waals surface area contributed by atoms with Crippen molar-refractivity contribution >= 4 is 23.5 Å². The molecule has 1 N–H and O–H groups in total. The first-order valence-electron chi connectivity index (χ1n) is 10.6. The molecular weight excluding hydrogens is 422 g/mol. The van der Waals surface area contributed by atoms with Gasteiger partial charge >= 0.3 is 0 Å². The highest BCUT2D eigenvalue weighted by Crippen LogP contribution is 2.23. The van der Waals surface area contributed by atoms with Gasteiger partial charge in [0.05, 0.1) is 24.5 Å². The van der Waals surface area contributed by atoms with E-state index in [9.17, 15) is 4.79 Å². The Hall–Kier alpha value is -2.97. The van der Waals surface area contributed by atoms with Gasteiger partial charge in [-0.15, -0.1) is 0 Å². The van der Waals surface area contributed by atoms with Crippen LogP contribution in [0.25, 0.3) is 0 Å². The van der Waals surface area contributed by atoms with Crippen LogP contribution in [0, 0.1) is 0 Å². The Bertz CT molecular complexity index is 1010. The molecule has 0 aliphatic rings. The molecule has 0 bridgehead atoms. The monoisotopic (exact) mass is 451 g/mol. The van der Waals surface area contributed by atoms with Crippen molar-refractivity contribution in [3.8, 4) is 0 Å². The Labute approximate surface area is 193 Å². The van der Waals surface area contributed by atoms with Crippen LogP contribution in [0.3, 0.4) is 0 Å². The van der Waals surface area contributed by atoms with Crippen LogP contribution in [-0.4, -0.2) is 41.1 Å². The van der Waals surface area contributed by atoms with Crippen LogP contribution >= 0.6 is 11.8 Å². The Balaban J connectivity index is 1.67. The van der Waals surface area contributed by atoms with Gasteiger partial charge in [-0.25, -0.2) is 9.97 Å². The van der Waals surface area contributed by atoms with Crippen molar-refractivity contribution in [2.45, 2.75) is 37.9 Å². The number of carbonyl (C=O) groups excluding carboxylic acids is 1. The number of pyridine rings is 1. The van der Waals surface area contributed by atoms with E-state index >= 15 is 0 Å². The minimum Gasteiger partial charge on any atom is -0.378 e. The summed E-state index contributed by atoms with van der Waals surface area (Å²) in [6, 6.07) is 15.3. The molecule has 168 valence electrons. The van der Waals surface area contributed by atoms with Crippen LogP contribution in [0.2, 0.25) is 0 Å².